The first-order valence-electron chi connectivity index (χ1n) is 10.1. The van der Waals surface area contributed by atoms with Gasteiger partial charge in [-0.15, -0.1) is 5.53 Å². The average molecular weight is 467 g/mol. The fourth-order valence-electron chi connectivity index (χ4n) is 3.88. The van der Waals surface area contributed by atoms with Crippen LogP contribution in [0.1, 0.15) is 22.8 Å². The van der Waals surface area contributed by atoms with E-state index >= 15 is 0 Å². The molecule has 1 aromatic heterocycles. The van der Waals surface area contributed by atoms with Gasteiger partial charge in [0.1, 0.15) is 0 Å². The lowest BCUT2D eigenvalue weighted by Gasteiger charge is -2.30. The molecule has 3 aromatic rings. The lowest BCUT2D eigenvalue weighted by molar-refractivity contribution is 0.0790. The van der Waals surface area contributed by atoms with Crippen molar-refractivity contribution in [3.63, 3.8) is 0 Å². The zero-order valence-corrected chi connectivity index (χ0v) is 18.7. The molecule has 0 fully saturated rings. The van der Waals surface area contributed by atoms with Crippen molar-refractivity contribution in [3.05, 3.63) is 106 Å². The molecule has 0 radical (unpaired) electrons. The van der Waals surface area contributed by atoms with Crippen molar-refractivity contribution < 1.29 is 4.79 Å². The minimum Gasteiger partial charge on any atom is -0.312 e. The van der Waals surface area contributed by atoms with E-state index < -0.39 is 0 Å². The lowest BCUT2D eigenvalue weighted by atomic mass is 10.1. The zero-order valence-electron chi connectivity index (χ0n) is 17.2. The van der Waals surface area contributed by atoms with Crippen molar-refractivity contribution in [1.82, 2.24) is 25.4 Å². The number of aromatic nitrogens is 2. The molecule has 0 bridgehead atoms. The molecule has 0 saturated carbocycles. The zero-order chi connectivity index (χ0) is 22.2. The van der Waals surface area contributed by atoms with Crippen molar-refractivity contribution in [1.29, 1.82) is 0 Å². The van der Waals surface area contributed by atoms with Crippen LogP contribution >= 0.6 is 23.2 Å². The number of amides is 1. The van der Waals surface area contributed by atoms with Crippen LogP contribution in [0.15, 0.2) is 84.6 Å². The summed E-state index contributed by atoms with van der Waals surface area (Å²) < 4.78 is 2.06. The number of anilines is 1. The van der Waals surface area contributed by atoms with E-state index in [1.807, 2.05) is 42.4 Å². The molecule has 1 unspecified atom stereocenters. The first-order valence-corrected chi connectivity index (χ1v) is 10.9. The van der Waals surface area contributed by atoms with Gasteiger partial charge in [-0.05, 0) is 30.7 Å². The van der Waals surface area contributed by atoms with Gasteiger partial charge in [-0.25, -0.2) is 9.99 Å². The van der Waals surface area contributed by atoms with E-state index in [2.05, 4.69) is 32.6 Å². The molecule has 32 heavy (non-hydrogen) atoms. The van der Waals surface area contributed by atoms with Crippen LogP contribution in [0.5, 0.6) is 0 Å². The number of hydrazine groups is 2. The molecular formula is C23H20Cl2N6O. The first-order chi connectivity index (χ1) is 15.5. The average Bonchev–Trinajstić information content (AvgIpc) is 3.43. The third-order valence-corrected chi connectivity index (χ3v) is 6.37. The minimum atomic E-state index is -0.257. The molecule has 0 spiro atoms. The third kappa shape index (κ3) is 3.54. The van der Waals surface area contributed by atoms with Crippen LogP contribution in [-0.2, 0) is 6.54 Å². The molecule has 2 aliphatic rings. The van der Waals surface area contributed by atoms with Gasteiger partial charge in [0.2, 0.25) is 5.95 Å². The summed E-state index contributed by atoms with van der Waals surface area (Å²) in [6, 6.07) is 15.0. The Kier molecular flexibility index (Phi) is 5.38. The molecule has 162 valence electrons. The summed E-state index contributed by atoms with van der Waals surface area (Å²) in [5.41, 5.74) is 9.65. The van der Waals surface area contributed by atoms with Crippen LogP contribution in [0.25, 0.3) is 0 Å². The monoisotopic (exact) mass is 466 g/mol. The summed E-state index contributed by atoms with van der Waals surface area (Å²) in [4.78, 5) is 19.3. The summed E-state index contributed by atoms with van der Waals surface area (Å²) in [7, 11) is 0. The van der Waals surface area contributed by atoms with Crippen LogP contribution in [0.3, 0.4) is 0 Å². The van der Waals surface area contributed by atoms with Gasteiger partial charge >= 0.3 is 0 Å². The van der Waals surface area contributed by atoms with Crippen molar-refractivity contribution >= 4 is 35.1 Å². The Hall–Kier alpha value is -3.26. The number of hydrogen-bond acceptors (Lipinski definition) is 5. The Balaban J connectivity index is 1.41. The molecule has 2 N–H and O–H groups in total. The number of carbonyl (C=O) groups is 1. The van der Waals surface area contributed by atoms with Crippen LogP contribution in [0.2, 0.25) is 10.0 Å². The van der Waals surface area contributed by atoms with Gasteiger partial charge in [0.05, 0.1) is 39.6 Å². The topological polar surface area (TPSA) is 65.4 Å². The lowest BCUT2D eigenvalue weighted by Crippen LogP contribution is -2.42. The number of benzene rings is 2. The Morgan fingerprint density at radius 3 is 2.75 bits per heavy atom. The molecule has 0 saturated heterocycles. The van der Waals surface area contributed by atoms with Crippen molar-refractivity contribution in [2.45, 2.75) is 19.5 Å². The second-order valence-corrected chi connectivity index (χ2v) is 8.30. The highest BCUT2D eigenvalue weighted by molar-refractivity contribution is 6.43. The normalized spacial score (nSPS) is 17.5. The quantitative estimate of drug-likeness (QED) is 0.598. The fraction of sp³-hybridized carbons (Fsp3) is 0.130. The predicted octanol–water partition coefficient (Wildman–Crippen LogP) is 4.34. The largest absolute Gasteiger partial charge is 0.312 e. The third-order valence-electron chi connectivity index (χ3n) is 5.55. The van der Waals surface area contributed by atoms with Gasteiger partial charge < -0.3 is 14.9 Å². The standard InChI is InChI=1S/C23H20Cl2N6O/c1-15-21-19(10-12-30(15)22(32)17-8-5-9-18(24)20(17)25)31(28-27-21)23-26-11-13-29(23)14-16-6-3-2-4-7-16/h2-13,15,27-28H,14H2,1H3. The van der Waals surface area contributed by atoms with Gasteiger partial charge in [0.25, 0.3) is 5.91 Å². The summed E-state index contributed by atoms with van der Waals surface area (Å²) >= 11 is 12.4. The molecular weight excluding hydrogens is 447 g/mol. The second-order valence-electron chi connectivity index (χ2n) is 7.52. The Morgan fingerprint density at radius 2 is 1.94 bits per heavy atom. The highest BCUT2D eigenvalue weighted by Gasteiger charge is 2.35. The maximum Gasteiger partial charge on any atom is 0.259 e. The van der Waals surface area contributed by atoms with E-state index in [0.29, 0.717) is 17.1 Å². The fourth-order valence-corrected chi connectivity index (χ4v) is 4.26. The SMILES string of the molecule is CC1C2=C(C=CN1C(=O)c1cccc(Cl)c1Cl)N(c1nccn1Cc1ccccc1)NN2. The molecule has 9 heteroatoms. The van der Waals surface area contributed by atoms with E-state index in [9.17, 15) is 4.79 Å². The highest BCUT2D eigenvalue weighted by atomic mass is 35.5. The predicted molar refractivity (Wildman–Crippen MR) is 125 cm³/mol. The molecule has 1 amide bonds. The highest BCUT2D eigenvalue weighted by Crippen LogP contribution is 2.32. The molecule has 7 nitrogen and oxygen atoms in total. The molecule has 2 aliphatic heterocycles. The Labute approximate surface area is 195 Å². The van der Waals surface area contributed by atoms with Crippen LogP contribution in [0.4, 0.5) is 5.95 Å². The number of nitrogens with one attached hydrogen (secondary N) is 2. The van der Waals surface area contributed by atoms with Gasteiger partial charge in [0.15, 0.2) is 0 Å². The Bertz CT molecular complexity index is 1240. The van der Waals surface area contributed by atoms with E-state index in [1.54, 1.807) is 35.5 Å². The summed E-state index contributed by atoms with van der Waals surface area (Å²) in [6.45, 7) is 2.64. The van der Waals surface area contributed by atoms with Gasteiger partial charge in [0, 0.05) is 18.6 Å². The van der Waals surface area contributed by atoms with Gasteiger partial charge in [-0.3, -0.25) is 4.79 Å². The van der Waals surface area contributed by atoms with Gasteiger partial charge in [-0.2, -0.15) is 0 Å². The minimum absolute atomic E-state index is 0.223. The number of hydrogen-bond donors (Lipinski definition) is 2. The first kappa shape index (κ1) is 20.6. The maximum atomic E-state index is 13.2. The number of nitrogens with zero attached hydrogens (tertiary/aromatic N) is 4. The van der Waals surface area contributed by atoms with Gasteiger partial charge in [-0.1, -0.05) is 59.6 Å². The number of halogens is 2. The van der Waals surface area contributed by atoms with Crippen molar-refractivity contribution in [3.8, 4) is 0 Å². The number of imidazole rings is 1. The maximum absolute atomic E-state index is 13.2. The summed E-state index contributed by atoms with van der Waals surface area (Å²) in [5, 5.41) is 2.48. The van der Waals surface area contributed by atoms with Crippen molar-refractivity contribution in [2.24, 2.45) is 0 Å². The summed E-state index contributed by atoms with van der Waals surface area (Å²) in [5.74, 6) is 0.513. The van der Waals surface area contributed by atoms with E-state index in [1.165, 1.54) is 5.56 Å². The Morgan fingerprint density at radius 1 is 1.12 bits per heavy atom. The molecule has 0 aliphatic carbocycles. The molecule has 3 heterocycles. The molecule has 1 atom stereocenters. The summed E-state index contributed by atoms with van der Waals surface area (Å²) in [6.07, 6.45) is 7.34. The molecule has 5 rings (SSSR count). The number of carbonyl (C=O) groups excluding carboxylic acids is 1. The van der Waals surface area contributed by atoms with Crippen LogP contribution in [-0.4, -0.2) is 26.4 Å². The molecule has 2 aromatic carbocycles. The van der Waals surface area contributed by atoms with Crippen LogP contribution in [0, 0.1) is 0 Å². The van der Waals surface area contributed by atoms with Crippen LogP contribution < -0.4 is 16.0 Å². The number of allylic oxidation sites excluding steroid dienone is 1. The van der Waals surface area contributed by atoms with E-state index in [4.69, 9.17) is 23.2 Å². The van der Waals surface area contributed by atoms with E-state index in [0.717, 1.165) is 17.3 Å². The smallest absolute Gasteiger partial charge is 0.259 e. The van der Waals surface area contributed by atoms with E-state index in [-0.39, 0.29) is 17.0 Å². The van der Waals surface area contributed by atoms with Crippen molar-refractivity contribution in [2.75, 3.05) is 5.01 Å². The second kappa shape index (κ2) is 8.35. The number of rotatable bonds is 4.